The molecule has 1 saturated carbocycles. The van der Waals surface area contributed by atoms with E-state index in [0.29, 0.717) is 23.7 Å². The second kappa shape index (κ2) is 6.48. The van der Waals surface area contributed by atoms with E-state index < -0.39 is 23.5 Å². The molecule has 28 heavy (non-hydrogen) atoms. The van der Waals surface area contributed by atoms with Crippen molar-refractivity contribution in [2.75, 3.05) is 0 Å². The second-order valence-corrected chi connectivity index (χ2v) is 10.7. The van der Waals surface area contributed by atoms with Crippen LogP contribution in [0, 0.1) is 29.6 Å². The highest BCUT2D eigenvalue weighted by atomic mass is 16.7. The molecule has 2 aliphatic carbocycles. The van der Waals surface area contributed by atoms with Crippen molar-refractivity contribution < 1.29 is 28.5 Å². The number of esters is 1. The second-order valence-electron chi connectivity index (χ2n) is 10.7. The molecule has 2 heterocycles. The Morgan fingerprint density at radius 2 is 1.50 bits per heavy atom. The summed E-state index contributed by atoms with van der Waals surface area (Å²) in [4.78, 5) is 24.9. The first-order chi connectivity index (χ1) is 12.9. The molecule has 6 heteroatoms. The monoisotopic (exact) mass is 392 g/mol. The van der Waals surface area contributed by atoms with Crippen LogP contribution in [0.25, 0.3) is 0 Å². The molecule has 0 aromatic rings. The van der Waals surface area contributed by atoms with E-state index in [4.69, 9.17) is 18.9 Å². The van der Waals surface area contributed by atoms with Gasteiger partial charge in [-0.1, -0.05) is 12.2 Å². The maximum absolute atomic E-state index is 12.5. The van der Waals surface area contributed by atoms with Gasteiger partial charge in [0.15, 0.2) is 0 Å². The number of ether oxygens (including phenoxy) is 4. The molecule has 0 aromatic carbocycles. The SMILES string of the molecule is CC(C)(C)OC(=O)CC1C(OC(=O)OC(C)(C)C)C2OC1C1C3C=CC(C3)C21. The number of fused-ring (bicyclic) bond motifs is 9. The maximum atomic E-state index is 12.5. The number of carbonyl (C=O) groups excluding carboxylic acids is 2. The molecule has 156 valence electrons. The van der Waals surface area contributed by atoms with E-state index in [1.54, 1.807) is 20.8 Å². The Morgan fingerprint density at radius 3 is 2.07 bits per heavy atom. The average Bonchev–Trinajstić information content (AvgIpc) is 3.22. The van der Waals surface area contributed by atoms with Crippen LogP contribution in [-0.2, 0) is 23.7 Å². The summed E-state index contributed by atoms with van der Waals surface area (Å²) in [5.41, 5.74) is -1.18. The molecule has 2 aliphatic heterocycles. The highest BCUT2D eigenvalue weighted by Gasteiger charge is 2.67. The van der Waals surface area contributed by atoms with Crippen LogP contribution in [0.15, 0.2) is 12.2 Å². The minimum atomic E-state index is -0.696. The van der Waals surface area contributed by atoms with Gasteiger partial charge in [0.25, 0.3) is 0 Å². The number of allylic oxidation sites excluding steroid dienone is 2. The topological polar surface area (TPSA) is 71.1 Å². The number of carbonyl (C=O) groups is 2. The lowest BCUT2D eigenvalue weighted by Crippen LogP contribution is -2.48. The first kappa shape index (κ1) is 19.7. The molecule has 6 nitrogen and oxygen atoms in total. The molecule has 0 spiro atoms. The fourth-order valence-electron chi connectivity index (χ4n) is 5.65. The Balaban J connectivity index is 1.52. The zero-order valence-electron chi connectivity index (χ0n) is 17.6. The van der Waals surface area contributed by atoms with Gasteiger partial charge in [-0.3, -0.25) is 4.79 Å². The molecule has 3 fully saturated rings. The lowest BCUT2D eigenvalue weighted by Gasteiger charge is -2.38. The summed E-state index contributed by atoms with van der Waals surface area (Å²) in [6.45, 7) is 11.0. The van der Waals surface area contributed by atoms with E-state index in [0.717, 1.165) is 6.42 Å². The first-order valence-corrected chi connectivity index (χ1v) is 10.4. The third kappa shape index (κ3) is 3.56. The van der Waals surface area contributed by atoms with Crippen LogP contribution in [0.3, 0.4) is 0 Å². The molecule has 4 aliphatic rings. The first-order valence-electron chi connectivity index (χ1n) is 10.4. The Labute approximate surface area is 166 Å². The Morgan fingerprint density at radius 1 is 0.929 bits per heavy atom. The van der Waals surface area contributed by atoms with Crippen molar-refractivity contribution in [3.05, 3.63) is 12.2 Å². The van der Waals surface area contributed by atoms with Gasteiger partial charge in [-0.15, -0.1) is 0 Å². The average molecular weight is 392 g/mol. The van der Waals surface area contributed by atoms with Gasteiger partial charge in [-0.25, -0.2) is 4.79 Å². The summed E-state index contributed by atoms with van der Waals surface area (Å²) >= 11 is 0. The highest BCUT2D eigenvalue weighted by molar-refractivity contribution is 5.70. The molecule has 8 atom stereocenters. The van der Waals surface area contributed by atoms with Gasteiger partial charge in [0.1, 0.15) is 17.3 Å². The Kier molecular flexibility index (Phi) is 4.57. The lowest BCUT2D eigenvalue weighted by atomic mass is 9.67. The summed E-state index contributed by atoms with van der Waals surface area (Å²) in [6, 6.07) is 0. The summed E-state index contributed by atoms with van der Waals surface area (Å²) in [5, 5.41) is 0. The van der Waals surface area contributed by atoms with Gasteiger partial charge in [0.05, 0.1) is 18.6 Å². The summed E-state index contributed by atoms with van der Waals surface area (Å²) in [5.74, 6) is 1.29. The van der Waals surface area contributed by atoms with Crippen molar-refractivity contribution in [2.45, 2.75) is 83.9 Å². The van der Waals surface area contributed by atoms with Crippen molar-refractivity contribution in [3.8, 4) is 0 Å². The normalized spacial score (nSPS) is 40.5. The van der Waals surface area contributed by atoms with E-state index >= 15 is 0 Å². The maximum Gasteiger partial charge on any atom is 0.509 e. The molecule has 4 rings (SSSR count). The molecule has 0 aromatic heterocycles. The third-order valence-corrected chi connectivity index (χ3v) is 6.27. The number of hydrogen-bond acceptors (Lipinski definition) is 6. The molecule has 0 amide bonds. The number of hydrogen-bond donors (Lipinski definition) is 0. The molecule has 8 unspecified atom stereocenters. The fraction of sp³-hybridized carbons (Fsp3) is 0.818. The zero-order chi connectivity index (χ0) is 20.4. The standard InChI is InChI=1S/C22H32O6/c1-21(2,3)27-14(23)10-13-17-15-11-7-8-12(9-11)16(15)19(25-17)18(13)26-20(24)28-22(4,5)6/h7-8,11-13,15-19H,9-10H2,1-6H3. The van der Waals surface area contributed by atoms with Crippen molar-refractivity contribution >= 4 is 12.1 Å². The van der Waals surface area contributed by atoms with Gasteiger partial charge >= 0.3 is 12.1 Å². The Bertz CT molecular complexity index is 628. The molecule has 0 radical (unpaired) electrons. The summed E-state index contributed by atoms with van der Waals surface area (Å²) in [6.07, 6.45) is 4.50. The van der Waals surface area contributed by atoms with Gasteiger partial charge in [0.2, 0.25) is 0 Å². The van der Waals surface area contributed by atoms with Crippen molar-refractivity contribution in [1.82, 2.24) is 0 Å². The third-order valence-electron chi connectivity index (χ3n) is 6.27. The van der Waals surface area contributed by atoms with Crippen LogP contribution in [0.5, 0.6) is 0 Å². The van der Waals surface area contributed by atoms with Crippen LogP contribution in [0.1, 0.15) is 54.4 Å². The van der Waals surface area contributed by atoms with E-state index in [2.05, 4.69) is 12.2 Å². The van der Waals surface area contributed by atoms with E-state index in [1.807, 2.05) is 20.8 Å². The largest absolute Gasteiger partial charge is 0.509 e. The van der Waals surface area contributed by atoms with Crippen molar-refractivity contribution in [1.29, 1.82) is 0 Å². The van der Waals surface area contributed by atoms with Gasteiger partial charge in [-0.2, -0.15) is 0 Å². The Hall–Kier alpha value is -1.56. The fourth-order valence-corrected chi connectivity index (χ4v) is 5.65. The lowest BCUT2D eigenvalue weighted by molar-refractivity contribution is -0.158. The minimum absolute atomic E-state index is 0.0742. The van der Waals surface area contributed by atoms with E-state index in [1.165, 1.54) is 0 Å². The minimum Gasteiger partial charge on any atom is -0.460 e. The van der Waals surface area contributed by atoms with Crippen molar-refractivity contribution in [2.24, 2.45) is 29.6 Å². The van der Waals surface area contributed by atoms with Gasteiger partial charge in [0, 0.05) is 11.8 Å². The van der Waals surface area contributed by atoms with E-state index in [-0.39, 0.29) is 30.5 Å². The molecular weight excluding hydrogens is 360 g/mol. The van der Waals surface area contributed by atoms with E-state index in [9.17, 15) is 9.59 Å². The molecule has 0 N–H and O–H groups in total. The zero-order valence-corrected chi connectivity index (χ0v) is 17.6. The predicted molar refractivity (Wildman–Crippen MR) is 101 cm³/mol. The molecule has 4 bridgehead atoms. The van der Waals surface area contributed by atoms with Gasteiger partial charge in [-0.05, 0) is 65.7 Å². The van der Waals surface area contributed by atoms with Crippen molar-refractivity contribution in [3.63, 3.8) is 0 Å². The summed E-state index contributed by atoms with van der Waals surface area (Å²) in [7, 11) is 0. The molecule has 2 saturated heterocycles. The van der Waals surface area contributed by atoms with Crippen LogP contribution >= 0.6 is 0 Å². The summed E-state index contributed by atoms with van der Waals surface area (Å²) < 4.78 is 23.0. The van der Waals surface area contributed by atoms with Crippen LogP contribution in [0.4, 0.5) is 4.79 Å². The van der Waals surface area contributed by atoms with Crippen LogP contribution < -0.4 is 0 Å². The predicted octanol–water partition coefficient (Wildman–Crippen LogP) is 3.87. The smallest absolute Gasteiger partial charge is 0.460 e. The van der Waals surface area contributed by atoms with Crippen LogP contribution in [0.2, 0.25) is 0 Å². The van der Waals surface area contributed by atoms with Crippen LogP contribution in [-0.4, -0.2) is 41.6 Å². The number of rotatable bonds is 3. The highest BCUT2D eigenvalue weighted by Crippen LogP contribution is 2.62. The quantitative estimate of drug-likeness (QED) is 0.536. The molecular formula is C22H32O6. The van der Waals surface area contributed by atoms with Gasteiger partial charge < -0.3 is 18.9 Å².